The van der Waals surface area contributed by atoms with E-state index in [4.69, 9.17) is 0 Å². The molecule has 0 aliphatic carbocycles. The summed E-state index contributed by atoms with van der Waals surface area (Å²) in [4.78, 5) is 3.94. The average molecular weight is 244 g/mol. The first-order valence-electron chi connectivity index (χ1n) is 5.10. The summed E-state index contributed by atoms with van der Waals surface area (Å²) in [6, 6.07) is 2.77. The second-order valence-electron chi connectivity index (χ2n) is 4.62. The minimum atomic E-state index is -1.16. The van der Waals surface area contributed by atoms with Crippen molar-refractivity contribution < 1.29 is 8.94 Å². The first-order chi connectivity index (χ1) is 7.30. The lowest BCUT2D eigenvalue weighted by Crippen LogP contribution is -2.40. The summed E-state index contributed by atoms with van der Waals surface area (Å²) in [5.74, 6) is -0.368. The summed E-state index contributed by atoms with van der Waals surface area (Å²) in [5.41, 5.74) is 0.680. The van der Waals surface area contributed by atoms with Gasteiger partial charge in [-0.1, -0.05) is 0 Å². The summed E-state index contributed by atoms with van der Waals surface area (Å²) in [5, 5.41) is 0. The molecule has 1 rings (SSSR count). The summed E-state index contributed by atoms with van der Waals surface area (Å²) in [7, 11) is 0. The van der Waals surface area contributed by atoms with Gasteiger partial charge in [-0.15, -0.1) is 4.72 Å². The topological polar surface area (TPSA) is 48.0 Å². The fraction of sp³-hybridized carbons (Fsp3) is 0.545. The van der Waals surface area contributed by atoms with Gasteiger partial charge >= 0.3 is 0 Å². The highest BCUT2D eigenvalue weighted by molar-refractivity contribution is 7.90. The van der Waals surface area contributed by atoms with Crippen LogP contribution in [0.4, 0.5) is 4.39 Å². The average Bonchev–Trinajstić information content (AvgIpc) is 2.17. The van der Waals surface area contributed by atoms with Crippen molar-refractivity contribution >= 4 is 11.4 Å². The number of rotatable bonds is 3. The van der Waals surface area contributed by atoms with Crippen LogP contribution in [0.3, 0.4) is 0 Å². The minimum absolute atomic E-state index is 0.166. The molecule has 2 unspecified atom stereocenters. The largest absolute Gasteiger partial charge is 0.598 e. The predicted octanol–water partition coefficient (Wildman–Crippen LogP) is 2.33. The van der Waals surface area contributed by atoms with Crippen LogP contribution in [0.15, 0.2) is 18.3 Å². The van der Waals surface area contributed by atoms with Crippen LogP contribution >= 0.6 is 0 Å². The molecule has 0 amide bonds. The number of nitrogens with one attached hydrogen (secondary N) is 1. The van der Waals surface area contributed by atoms with E-state index in [1.807, 2.05) is 27.7 Å². The third-order valence-electron chi connectivity index (χ3n) is 2.03. The van der Waals surface area contributed by atoms with Crippen LogP contribution in [-0.4, -0.2) is 14.3 Å². The van der Waals surface area contributed by atoms with Gasteiger partial charge in [0, 0.05) is 11.4 Å². The summed E-state index contributed by atoms with van der Waals surface area (Å²) >= 11 is -1.16. The van der Waals surface area contributed by atoms with E-state index in [2.05, 4.69) is 9.71 Å². The maximum absolute atomic E-state index is 12.7. The Labute approximate surface area is 98.8 Å². The van der Waals surface area contributed by atoms with Crippen molar-refractivity contribution in [3.63, 3.8) is 0 Å². The molecule has 0 saturated heterocycles. The van der Waals surface area contributed by atoms with Gasteiger partial charge in [0.05, 0.1) is 17.9 Å². The van der Waals surface area contributed by atoms with E-state index >= 15 is 0 Å². The Balaban J connectivity index is 2.65. The standard InChI is InChI=1S/C11H17FN2OS/c1-8(14-16(15)11(2,3)4)10-6-5-9(12)7-13-10/h5-8,14H,1-4H3. The van der Waals surface area contributed by atoms with Gasteiger partial charge in [-0.25, -0.2) is 4.39 Å². The van der Waals surface area contributed by atoms with Crippen LogP contribution in [-0.2, 0) is 11.4 Å². The smallest absolute Gasteiger partial charge is 0.141 e. The van der Waals surface area contributed by atoms with Gasteiger partial charge < -0.3 is 4.55 Å². The van der Waals surface area contributed by atoms with Gasteiger partial charge in [-0.3, -0.25) is 4.98 Å². The van der Waals surface area contributed by atoms with Crippen LogP contribution in [0.1, 0.15) is 39.4 Å². The lowest BCUT2D eigenvalue weighted by Gasteiger charge is -2.26. The molecule has 2 atom stereocenters. The number of halogens is 1. The van der Waals surface area contributed by atoms with Gasteiger partial charge in [0.2, 0.25) is 0 Å². The SMILES string of the molecule is CC(N[S+]([O-])C(C)(C)C)c1ccc(F)cn1. The lowest BCUT2D eigenvalue weighted by atomic mass is 10.2. The molecule has 0 fully saturated rings. The van der Waals surface area contributed by atoms with Crippen LogP contribution in [0.2, 0.25) is 0 Å². The van der Waals surface area contributed by atoms with Crippen molar-refractivity contribution in [2.75, 3.05) is 0 Å². The zero-order valence-corrected chi connectivity index (χ0v) is 10.8. The number of nitrogens with zero attached hydrogens (tertiary/aromatic N) is 1. The highest BCUT2D eigenvalue weighted by atomic mass is 32.2. The molecule has 3 nitrogen and oxygen atoms in total. The Morgan fingerprint density at radius 3 is 2.50 bits per heavy atom. The van der Waals surface area contributed by atoms with Gasteiger partial charge in [0.15, 0.2) is 0 Å². The van der Waals surface area contributed by atoms with Crippen LogP contribution in [0, 0.1) is 5.82 Å². The lowest BCUT2D eigenvalue weighted by molar-refractivity contribution is 0.528. The molecule has 90 valence electrons. The first kappa shape index (κ1) is 13.4. The molecule has 1 N–H and O–H groups in total. The van der Waals surface area contributed by atoms with E-state index in [0.29, 0.717) is 5.69 Å². The zero-order valence-electron chi connectivity index (χ0n) is 9.95. The predicted molar refractivity (Wildman–Crippen MR) is 63.6 cm³/mol. The second kappa shape index (κ2) is 5.12. The Kier molecular flexibility index (Phi) is 4.29. The molecule has 0 aliphatic heterocycles. The van der Waals surface area contributed by atoms with Crippen molar-refractivity contribution in [1.29, 1.82) is 0 Å². The van der Waals surface area contributed by atoms with Gasteiger partial charge in [0.1, 0.15) is 10.6 Å². The third kappa shape index (κ3) is 3.73. The molecule has 0 saturated carbocycles. The second-order valence-corrected chi connectivity index (χ2v) is 6.62. The molecule has 0 spiro atoms. The molecular formula is C11H17FN2OS. The van der Waals surface area contributed by atoms with E-state index < -0.39 is 11.4 Å². The van der Waals surface area contributed by atoms with E-state index in [9.17, 15) is 8.94 Å². The summed E-state index contributed by atoms with van der Waals surface area (Å²) in [6.07, 6.45) is 1.16. The van der Waals surface area contributed by atoms with Crippen molar-refractivity contribution in [3.05, 3.63) is 29.8 Å². The Morgan fingerprint density at radius 1 is 1.44 bits per heavy atom. The van der Waals surface area contributed by atoms with E-state index in [-0.39, 0.29) is 16.6 Å². The normalized spacial score (nSPS) is 15.9. The Bertz CT molecular complexity index is 337. The molecule has 5 heteroatoms. The Morgan fingerprint density at radius 2 is 2.06 bits per heavy atom. The number of pyridine rings is 1. The third-order valence-corrected chi connectivity index (χ3v) is 3.71. The fourth-order valence-corrected chi connectivity index (χ4v) is 1.84. The van der Waals surface area contributed by atoms with Gasteiger partial charge in [0.25, 0.3) is 0 Å². The van der Waals surface area contributed by atoms with Crippen molar-refractivity contribution in [3.8, 4) is 0 Å². The van der Waals surface area contributed by atoms with Crippen molar-refractivity contribution in [1.82, 2.24) is 9.71 Å². The number of aromatic nitrogens is 1. The summed E-state index contributed by atoms with van der Waals surface area (Å²) in [6.45, 7) is 7.52. The molecule has 1 aromatic rings. The monoisotopic (exact) mass is 244 g/mol. The quantitative estimate of drug-likeness (QED) is 0.830. The minimum Gasteiger partial charge on any atom is -0.598 e. The fourth-order valence-electron chi connectivity index (χ4n) is 1.04. The molecule has 1 heterocycles. The summed E-state index contributed by atoms with van der Waals surface area (Å²) < 4.78 is 27.1. The van der Waals surface area contributed by atoms with Crippen LogP contribution in [0.25, 0.3) is 0 Å². The molecule has 0 aromatic carbocycles. The molecular weight excluding hydrogens is 227 g/mol. The van der Waals surface area contributed by atoms with Crippen LogP contribution in [0.5, 0.6) is 0 Å². The van der Waals surface area contributed by atoms with Crippen molar-refractivity contribution in [2.24, 2.45) is 0 Å². The molecule has 16 heavy (non-hydrogen) atoms. The van der Waals surface area contributed by atoms with E-state index in [0.717, 1.165) is 6.20 Å². The zero-order chi connectivity index (χ0) is 12.3. The van der Waals surface area contributed by atoms with Gasteiger partial charge in [-0.2, -0.15) is 0 Å². The molecule has 0 bridgehead atoms. The molecule has 1 aromatic heterocycles. The highest BCUT2D eigenvalue weighted by Gasteiger charge is 2.28. The first-order valence-corrected chi connectivity index (χ1v) is 6.25. The maximum Gasteiger partial charge on any atom is 0.141 e. The van der Waals surface area contributed by atoms with Crippen molar-refractivity contribution in [2.45, 2.75) is 38.5 Å². The Hall–Kier alpha value is -0.650. The van der Waals surface area contributed by atoms with E-state index in [1.54, 1.807) is 6.07 Å². The number of hydrogen-bond donors (Lipinski definition) is 1. The van der Waals surface area contributed by atoms with Crippen LogP contribution < -0.4 is 4.72 Å². The molecule has 0 radical (unpaired) electrons. The maximum atomic E-state index is 12.7. The van der Waals surface area contributed by atoms with E-state index in [1.165, 1.54) is 6.07 Å². The molecule has 0 aliphatic rings. The van der Waals surface area contributed by atoms with Gasteiger partial charge in [-0.05, 0) is 39.8 Å². The highest BCUT2D eigenvalue weighted by Crippen LogP contribution is 2.18. The number of hydrogen-bond acceptors (Lipinski definition) is 3.